The Kier molecular flexibility index (Phi) is 4.17. The maximum absolute atomic E-state index is 11.5. The highest BCUT2D eigenvalue weighted by Crippen LogP contribution is 2.28. The Labute approximate surface area is 105 Å². The molecule has 0 aliphatic rings. The zero-order chi connectivity index (χ0) is 13.0. The van der Waals surface area contributed by atoms with E-state index in [4.69, 9.17) is 10.00 Å². The van der Waals surface area contributed by atoms with Crippen molar-refractivity contribution < 1.29 is 14.5 Å². The number of ether oxygens (including phenoxy) is 1. The minimum absolute atomic E-state index is 0.0203. The van der Waals surface area contributed by atoms with Crippen molar-refractivity contribution in [2.24, 2.45) is 0 Å². The van der Waals surface area contributed by atoms with Crippen molar-refractivity contribution in [1.82, 2.24) is 0 Å². The molecule has 1 rings (SSSR count). The molecule has 0 bridgehead atoms. The third-order valence-electron chi connectivity index (χ3n) is 2.06. The van der Waals surface area contributed by atoms with E-state index in [0.717, 1.165) is 6.07 Å². The van der Waals surface area contributed by atoms with Crippen LogP contribution in [0.4, 0.5) is 5.69 Å². The van der Waals surface area contributed by atoms with Crippen molar-refractivity contribution >= 4 is 27.4 Å². The van der Waals surface area contributed by atoms with Crippen LogP contribution in [0.1, 0.15) is 15.9 Å². The number of hydrogen-bond donors (Lipinski definition) is 0. The van der Waals surface area contributed by atoms with E-state index in [2.05, 4.69) is 15.9 Å². The van der Waals surface area contributed by atoms with Crippen molar-refractivity contribution in [1.29, 1.82) is 5.26 Å². The predicted molar refractivity (Wildman–Crippen MR) is 62.5 cm³/mol. The Morgan fingerprint density at radius 2 is 2.29 bits per heavy atom. The summed E-state index contributed by atoms with van der Waals surface area (Å²) in [6.07, 6.45) is 0. The Hall–Kier alpha value is -1.94. The molecule has 0 N–H and O–H groups in total. The summed E-state index contributed by atoms with van der Waals surface area (Å²) in [6, 6.07) is 3.94. The van der Waals surface area contributed by atoms with Gasteiger partial charge in [0.1, 0.15) is 17.4 Å². The zero-order valence-electron chi connectivity index (χ0n) is 8.77. The van der Waals surface area contributed by atoms with E-state index in [1.807, 2.05) is 0 Å². The van der Waals surface area contributed by atoms with Crippen LogP contribution in [0.2, 0.25) is 0 Å². The fourth-order valence-corrected chi connectivity index (χ4v) is 1.57. The number of carbonyl (C=O) groups is 1. The zero-order valence-corrected chi connectivity index (χ0v) is 10.4. The number of nitriles is 1. The van der Waals surface area contributed by atoms with Crippen LogP contribution in [0.25, 0.3) is 0 Å². The second kappa shape index (κ2) is 5.41. The van der Waals surface area contributed by atoms with Gasteiger partial charge in [-0.05, 0) is 0 Å². The van der Waals surface area contributed by atoms with Crippen LogP contribution in [0.15, 0.2) is 12.1 Å². The molecule has 0 atom stereocenters. The first-order chi connectivity index (χ1) is 8.04. The lowest BCUT2D eigenvalue weighted by atomic mass is 10.1. The fourth-order valence-electron chi connectivity index (χ4n) is 1.27. The molecular weight excluding hydrogens is 292 g/mol. The minimum atomic E-state index is -0.705. The number of rotatable bonds is 4. The summed E-state index contributed by atoms with van der Waals surface area (Å²) in [6.45, 7) is 0. The minimum Gasteiger partial charge on any atom is -0.496 e. The first kappa shape index (κ1) is 13.1. The average molecular weight is 299 g/mol. The van der Waals surface area contributed by atoms with Gasteiger partial charge in [-0.1, -0.05) is 15.9 Å². The summed E-state index contributed by atoms with van der Waals surface area (Å²) < 4.78 is 4.93. The van der Waals surface area contributed by atoms with Gasteiger partial charge in [0.15, 0.2) is 5.78 Å². The SMILES string of the molecule is COc1cc(C#N)c([N+](=O)[O-])cc1C(=O)CBr. The summed E-state index contributed by atoms with van der Waals surface area (Å²) in [5.74, 6) is -0.203. The molecule has 7 heteroatoms. The number of hydrogen-bond acceptors (Lipinski definition) is 5. The average Bonchev–Trinajstić information content (AvgIpc) is 2.35. The summed E-state index contributed by atoms with van der Waals surface area (Å²) in [4.78, 5) is 21.6. The quantitative estimate of drug-likeness (QED) is 0.367. The number of nitro benzene ring substituents is 1. The van der Waals surface area contributed by atoms with Crippen molar-refractivity contribution in [2.45, 2.75) is 0 Å². The fraction of sp³-hybridized carbons (Fsp3) is 0.200. The van der Waals surface area contributed by atoms with Gasteiger partial charge in [0.05, 0.1) is 22.9 Å². The smallest absolute Gasteiger partial charge is 0.288 e. The van der Waals surface area contributed by atoms with Gasteiger partial charge in [-0.25, -0.2) is 0 Å². The molecule has 0 aromatic heterocycles. The van der Waals surface area contributed by atoms with Crippen molar-refractivity contribution in [3.63, 3.8) is 0 Å². The predicted octanol–water partition coefficient (Wildman–Crippen LogP) is 2.05. The van der Waals surface area contributed by atoms with Gasteiger partial charge in [0.2, 0.25) is 0 Å². The van der Waals surface area contributed by atoms with E-state index in [1.54, 1.807) is 6.07 Å². The number of alkyl halides is 1. The summed E-state index contributed by atoms with van der Waals surface area (Å²) in [5.41, 5.74) is -0.467. The van der Waals surface area contributed by atoms with Gasteiger partial charge >= 0.3 is 0 Å². The highest BCUT2D eigenvalue weighted by Gasteiger charge is 2.21. The Morgan fingerprint density at radius 3 is 2.71 bits per heavy atom. The number of halogens is 1. The van der Waals surface area contributed by atoms with E-state index in [9.17, 15) is 14.9 Å². The molecule has 0 spiro atoms. The maximum Gasteiger partial charge on any atom is 0.288 e. The molecule has 0 unspecified atom stereocenters. The molecule has 88 valence electrons. The first-order valence-electron chi connectivity index (χ1n) is 4.40. The number of nitrogens with zero attached hydrogens (tertiary/aromatic N) is 2. The third-order valence-corrected chi connectivity index (χ3v) is 2.57. The Balaban J connectivity index is 3.51. The number of nitro groups is 1. The van der Waals surface area contributed by atoms with E-state index < -0.39 is 10.6 Å². The molecular formula is C10H7BrN2O4. The van der Waals surface area contributed by atoms with Crippen LogP contribution in [0.5, 0.6) is 5.75 Å². The van der Waals surface area contributed by atoms with Gasteiger partial charge < -0.3 is 4.74 Å². The molecule has 0 saturated heterocycles. The second-order valence-electron chi connectivity index (χ2n) is 3.00. The normalized spacial score (nSPS) is 9.47. The molecule has 0 radical (unpaired) electrons. The van der Waals surface area contributed by atoms with Gasteiger partial charge in [0, 0.05) is 12.1 Å². The van der Waals surface area contributed by atoms with Gasteiger partial charge in [-0.15, -0.1) is 0 Å². The van der Waals surface area contributed by atoms with E-state index >= 15 is 0 Å². The molecule has 0 saturated carbocycles. The molecule has 0 heterocycles. The summed E-state index contributed by atoms with van der Waals surface area (Å²) in [5, 5.41) is 19.5. The Morgan fingerprint density at radius 1 is 1.65 bits per heavy atom. The second-order valence-corrected chi connectivity index (χ2v) is 3.56. The van der Waals surface area contributed by atoms with Crippen LogP contribution in [0.3, 0.4) is 0 Å². The van der Waals surface area contributed by atoms with Crippen LogP contribution in [-0.2, 0) is 0 Å². The van der Waals surface area contributed by atoms with E-state index in [0.29, 0.717) is 0 Å². The van der Waals surface area contributed by atoms with Crippen molar-refractivity contribution in [3.8, 4) is 11.8 Å². The van der Waals surface area contributed by atoms with E-state index in [-0.39, 0.29) is 28.0 Å². The summed E-state index contributed by atoms with van der Waals surface area (Å²) >= 11 is 2.97. The molecule has 17 heavy (non-hydrogen) atoms. The highest BCUT2D eigenvalue weighted by atomic mass is 79.9. The third kappa shape index (κ3) is 2.60. The topological polar surface area (TPSA) is 93.2 Å². The lowest BCUT2D eigenvalue weighted by molar-refractivity contribution is -0.385. The molecule has 0 aliphatic heterocycles. The number of methoxy groups -OCH3 is 1. The molecule has 6 nitrogen and oxygen atoms in total. The molecule has 1 aromatic rings. The summed E-state index contributed by atoms with van der Waals surface area (Å²) in [7, 11) is 1.33. The highest BCUT2D eigenvalue weighted by molar-refractivity contribution is 9.09. The lowest BCUT2D eigenvalue weighted by Gasteiger charge is -2.06. The molecule has 0 fully saturated rings. The largest absolute Gasteiger partial charge is 0.496 e. The Bertz CT molecular complexity index is 522. The van der Waals surface area contributed by atoms with Crippen molar-refractivity contribution in [2.75, 3.05) is 12.4 Å². The van der Waals surface area contributed by atoms with Gasteiger partial charge in [-0.3, -0.25) is 14.9 Å². The number of benzene rings is 1. The van der Waals surface area contributed by atoms with Crippen LogP contribution in [0, 0.1) is 21.4 Å². The standard InChI is InChI=1S/C10H7BrN2O4/c1-17-10-2-6(5-12)8(13(15)16)3-7(10)9(14)4-11/h2-3H,4H2,1H3. The monoisotopic (exact) mass is 298 g/mol. The number of ketones is 1. The first-order valence-corrected chi connectivity index (χ1v) is 5.53. The van der Waals surface area contributed by atoms with Gasteiger partial charge in [0.25, 0.3) is 5.69 Å². The van der Waals surface area contributed by atoms with Crippen LogP contribution >= 0.6 is 15.9 Å². The molecule has 0 aliphatic carbocycles. The number of Topliss-reactive ketones (excluding diaryl/α,β-unsaturated/α-hetero) is 1. The number of carbonyl (C=O) groups excluding carboxylic acids is 1. The van der Waals surface area contributed by atoms with E-state index in [1.165, 1.54) is 13.2 Å². The maximum atomic E-state index is 11.5. The lowest BCUT2D eigenvalue weighted by Crippen LogP contribution is -2.05. The van der Waals surface area contributed by atoms with Gasteiger partial charge in [-0.2, -0.15) is 5.26 Å². The van der Waals surface area contributed by atoms with Crippen LogP contribution in [-0.4, -0.2) is 23.1 Å². The van der Waals surface area contributed by atoms with Crippen LogP contribution < -0.4 is 4.74 Å². The van der Waals surface area contributed by atoms with Crippen molar-refractivity contribution in [3.05, 3.63) is 33.4 Å². The molecule has 0 amide bonds. The molecule has 1 aromatic carbocycles.